The Morgan fingerprint density at radius 2 is 1.37 bits per heavy atom. The summed E-state index contributed by atoms with van der Waals surface area (Å²) in [5, 5.41) is 15.4. The van der Waals surface area contributed by atoms with Gasteiger partial charge in [0, 0.05) is 0 Å². The Morgan fingerprint density at radius 1 is 0.783 bits per heavy atom. The molecule has 0 spiro atoms. The van der Waals surface area contributed by atoms with Crippen molar-refractivity contribution >= 4 is 57.5 Å². The first-order chi connectivity index (χ1) is 22.3. The highest BCUT2D eigenvalue weighted by molar-refractivity contribution is 5.96. The SMILES string of the molecule is CCOC(=O)c1ccc2oc(Nc3ccccc3OC)nc2c1.CCc1c(C(=O)O)ccc2oc(Nc3ccccc3OC)nc12. The van der Waals surface area contributed by atoms with Gasteiger partial charge in [0.25, 0.3) is 12.0 Å². The molecule has 0 amide bonds. The van der Waals surface area contributed by atoms with Crippen LogP contribution in [-0.4, -0.2) is 47.8 Å². The minimum atomic E-state index is -0.967. The van der Waals surface area contributed by atoms with Crippen molar-refractivity contribution in [2.45, 2.75) is 20.3 Å². The van der Waals surface area contributed by atoms with E-state index in [9.17, 15) is 14.7 Å². The van der Waals surface area contributed by atoms with Crippen LogP contribution >= 0.6 is 0 Å². The molecular weight excluding hydrogens is 592 g/mol. The number of carbonyl (C=O) groups is 2. The number of esters is 1. The zero-order valence-electron chi connectivity index (χ0n) is 25.6. The number of para-hydroxylation sites is 4. The van der Waals surface area contributed by atoms with Crippen molar-refractivity contribution in [2.24, 2.45) is 0 Å². The molecule has 4 aromatic carbocycles. The predicted octanol–water partition coefficient (Wildman–Crippen LogP) is 7.60. The van der Waals surface area contributed by atoms with Crippen LogP contribution in [0.4, 0.5) is 23.4 Å². The molecule has 0 saturated heterocycles. The molecule has 6 aromatic rings. The quantitative estimate of drug-likeness (QED) is 0.128. The second-order valence-electron chi connectivity index (χ2n) is 9.69. The number of aromatic carboxylic acids is 1. The number of carboxylic acid groups (broad SMARTS) is 1. The van der Waals surface area contributed by atoms with Crippen LogP contribution in [0.3, 0.4) is 0 Å². The highest BCUT2D eigenvalue weighted by Gasteiger charge is 2.17. The van der Waals surface area contributed by atoms with Crippen molar-refractivity contribution in [3.05, 3.63) is 95.6 Å². The molecule has 0 aliphatic heterocycles. The minimum Gasteiger partial charge on any atom is -0.495 e. The number of anilines is 4. The van der Waals surface area contributed by atoms with Gasteiger partial charge in [0.15, 0.2) is 11.2 Å². The molecule has 0 aliphatic rings. The topological polar surface area (TPSA) is 158 Å². The molecule has 0 radical (unpaired) electrons. The second-order valence-corrected chi connectivity index (χ2v) is 9.69. The van der Waals surface area contributed by atoms with Crippen LogP contribution < -0.4 is 20.1 Å². The third-order valence-electron chi connectivity index (χ3n) is 6.85. The van der Waals surface area contributed by atoms with Crippen LogP contribution in [0.2, 0.25) is 0 Å². The Bertz CT molecular complexity index is 2000. The molecule has 0 fully saturated rings. The molecule has 0 saturated carbocycles. The minimum absolute atomic E-state index is 0.247. The lowest BCUT2D eigenvalue weighted by molar-refractivity contribution is 0.0526. The number of hydrogen-bond donors (Lipinski definition) is 3. The monoisotopic (exact) mass is 624 g/mol. The zero-order chi connectivity index (χ0) is 32.6. The molecule has 0 aliphatic carbocycles. The lowest BCUT2D eigenvalue weighted by Crippen LogP contribution is -2.03. The average Bonchev–Trinajstić information content (AvgIpc) is 3.67. The van der Waals surface area contributed by atoms with E-state index < -0.39 is 5.97 Å². The van der Waals surface area contributed by atoms with Gasteiger partial charge in [0.05, 0.1) is 43.3 Å². The number of nitrogens with one attached hydrogen (secondary N) is 2. The fraction of sp³-hybridized carbons (Fsp3) is 0.176. The Labute approximate surface area is 263 Å². The molecule has 46 heavy (non-hydrogen) atoms. The molecule has 0 atom stereocenters. The van der Waals surface area contributed by atoms with Crippen LogP contribution in [0.15, 0.2) is 87.7 Å². The number of benzene rings is 4. The Kier molecular flexibility index (Phi) is 9.66. The maximum Gasteiger partial charge on any atom is 0.338 e. The van der Waals surface area contributed by atoms with Crippen LogP contribution in [0, 0.1) is 0 Å². The summed E-state index contributed by atoms with van der Waals surface area (Å²) >= 11 is 0. The third-order valence-corrected chi connectivity index (χ3v) is 6.85. The van der Waals surface area contributed by atoms with Gasteiger partial charge in [-0.25, -0.2) is 9.59 Å². The molecule has 6 rings (SSSR count). The highest BCUT2D eigenvalue weighted by Crippen LogP contribution is 2.31. The summed E-state index contributed by atoms with van der Waals surface area (Å²) in [5.41, 5.74) is 5.07. The third kappa shape index (κ3) is 6.86. The number of carboxylic acids is 1. The number of methoxy groups -OCH3 is 2. The Balaban J connectivity index is 0.000000181. The first kappa shape index (κ1) is 31.4. The molecule has 12 heteroatoms. The van der Waals surface area contributed by atoms with Gasteiger partial charge in [-0.15, -0.1) is 0 Å². The highest BCUT2D eigenvalue weighted by atomic mass is 16.5. The van der Waals surface area contributed by atoms with Crippen molar-refractivity contribution < 1.29 is 37.7 Å². The smallest absolute Gasteiger partial charge is 0.338 e. The normalized spacial score (nSPS) is 10.6. The summed E-state index contributed by atoms with van der Waals surface area (Å²) in [5.74, 6) is 0.00119. The Hall–Kier alpha value is -6.04. The average molecular weight is 625 g/mol. The van der Waals surface area contributed by atoms with Gasteiger partial charge in [-0.3, -0.25) is 0 Å². The van der Waals surface area contributed by atoms with Gasteiger partial charge >= 0.3 is 11.9 Å². The van der Waals surface area contributed by atoms with E-state index in [0.29, 0.717) is 69.9 Å². The number of aromatic nitrogens is 2. The molecule has 12 nitrogen and oxygen atoms in total. The maximum absolute atomic E-state index is 11.8. The van der Waals surface area contributed by atoms with E-state index in [4.69, 9.17) is 23.0 Å². The van der Waals surface area contributed by atoms with E-state index in [1.165, 1.54) is 0 Å². The van der Waals surface area contributed by atoms with E-state index in [1.807, 2.05) is 55.5 Å². The van der Waals surface area contributed by atoms with Gasteiger partial charge in [-0.05, 0) is 73.5 Å². The van der Waals surface area contributed by atoms with Gasteiger partial charge in [-0.1, -0.05) is 31.2 Å². The lowest BCUT2D eigenvalue weighted by Gasteiger charge is -2.07. The van der Waals surface area contributed by atoms with Crippen molar-refractivity contribution in [1.29, 1.82) is 0 Å². The summed E-state index contributed by atoms with van der Waals surface area (Å²) < 4.78 is 26.8. The van der Waals surface area contributed by atoms with E-state index in [0.717, 1.165) is 11.4 Å². The van der Waals surface area contributed by atoms with E-state index in [1.54, 1.807) is 51.5 Å². The van der Waals surface area contributed by atoms with Gasteiger partial charge in [-0.2, -0.15) is 9.97 Å². The first-order valence-corrected chi connectivity index (χ1v) is 14.4. The number of aryl methyl sites for hydroxylation is 1. The van der Waals surface area contributed by atoms with Crippen LogP contribution in [0.5, 0.6) is 11.5 Å². The van der Waals surface area contributed by atoms with E-state index in [2.05, 4.69) is 20.6 Å². The number of nitrogens with zero attached hydrogens (tertiary/aromatic N) is 2. The number of carbonyl (C=O) groups excluding carboxylic acids is 1. The lowest BCUT2D eigenvalue weighted by atomic mass is 10.0. The predicted molar refractivity (Wildman–Crippen MR) is 173 cm³/mol. The Morgan fingerprint density at radius 3 is 1.96 bits per heavy atom. The van der Waals surface area contributed by atoms with Gasteiger partial charge in [0.2, 0.25) is 0 Å². The van der Waals surface area contributed by atoms with Gasteiger partial charge < -0.3 is 38.8 Å². The molecule has 3 N–H and O–H groups in total. The summed E-state index contributed by atoms with van der Waals surface area (Å²) in [6.45, 7) is 3.99. The van der Waals surface area contributed by atoms with Crippen molar-refractivity contribution in [3.8, 4) is 11.5 Å². The number of ether oxygens (including phenoxy) is 3. The number of rotatable bonds is 10. The molecule has 236 valence electrons. The largest absolute Gasteiger partial charge is 0.495 e. The summed E-state index contributed by atoms with van der Waals surface area (Å²) in [7, 11) is 3.18. The van der Waals surface area contributed by atoms with Crippen molar-refractivity contribution in [3.63, 3.8) is 0 Å². The fourth-order valence-electron chi connectivity index (χ4n) is 4.71. The molecule has 2 heterocycles. The van der Waals surface area contributed by atoms with Gasteiger partial charge in [0.1, 0.15) is 22.5 Å². The van der Waals surface area contributed by atoms with E-state index >= 15 is 0 Å². The standard InChI is InChI=1S/2C17H16N2O4/c1-3-22-16(20)11-8-9-15-13(10-11)19-17(23-15)18-12-6-4-5-7-14(12)21-2;1-3-10-11(16(20)21)8-9-14-15(10)19-17(23-14)18-12-6-4-5-7-13(12)22-2/h4-10H,3H2,1-2H3,(H,18,19);4-9H,3H2,1-2H3,(H,18,19)(H,20,21). The van der Waals surface area contributed by atoms with Crippen molar-refractivity contribution in [1.82, 2.24) is 9.97 Å². The number of oxazole rings is 2. The summed E-state index contributed by atoms with van der Waals surface area (Å²) in [6, 6.07) is 23.6. The number of fused-ring (bicyclic) bond motifs is 2. The maximum atomic E-state index is 11.8. The fourth-order valence-corrected chi connectivity index (χ4v) is 4.71. The molecular formula is C34H32N4O8. The van der Waals surface area contributed by atoms with Crippen molar-refractivity contribution in [2.75, 3.05) is 31.5 Å². The van der Waals surface area contributed by atoms with Crippen LogP contribution in [0.1, 0.15) is 40.1 Å². The first-order valence-electron chi connectivity index (χ1n) is 14.4. The summed E-state index contributed by atoms with van der Waals surface area (Å²) in [6.07, 6.45) is 0.555. The molecule has 0 unspecified atom stereocenters. The molecule has 2 aromatic heterocycles. The van der Waals surface area contributed by atoms with E-state index in [-0.39, 0.29) is 11.5 Å². The molecule has 0 bridgehead atoms. The van der Waals surface area contributed by atoms with Crippen LogP contribution in [0.25, 0.3) is 22.2 Å². The summed E-state index contributed by atoms with van der Waals surface area (Å²) in [4.78, 5) is 31.8. The zero-order valence-corrected chi connectivity index (χ0v) is 25.6. The number of hydrogen-bond acceptors (Lipinski definition) is 11. The van der Waals surface area contributed by atoms with Crippen LogP contribution in [-0.2, 0) is 11.2 Å². The second kappa shape index (κ2) is 14.2.